The highest BCUT2D eigenvalue weighted by Gasteiger charge is 2.43. The van der Waals surface area contributed by atoms with E-state index in [2.05, 4.69) is 85.3 Å². The first-order chi connectivity index (χ1) is 25.3. The number of aromatic amines is 1. The number of hydrogen-bond acceptors (Lipinski definition) is 7. The van der Waals surface area contributed by atoms with Gasteiger partial charge in [0.25, 0.3) is 11.5 Å². The lowest BCUT2D eigenvalue weighted by molar-refractivity contribution is -0.671. The van der Waals surface area contributed by atoms with Gasteiger partial charge in [0, 0.05) is 41.4 Å². The highest BCUT2D eigenvalue weighted by atomic mass is 79.9. The quantitative estimate of drug-likeness (QED) is 0.185. The number of carboxylic acids is 1. The number of fused-ring (bicyclic) bond motifs is 1. The van der Waals surface area contributed by atoms with Crippen LogP contribution in [-0.4, -0.2) is 48.9 Å². The van der Waals surface area contributed by atoms with E-state index in [0.29, 0.717) is 21.7 Å². The number of carboxylic acid groups (broad SMARTS) is 1. The molecule has 5 N–H and O–H groups in total. The molecule has 4 aromatic heterocycles. The summed E-state index contributed by atoms with van der Waals surface area (Å²) in [7, 11) is 4.05. The number of carbonyl (C=O) groups is 2. The van der Waals surface area contributed by atoms with Crippen molar-refractivity contribution >= 4 is 44.5 Å². The minimum Gasteiger partial charge on any atom is -0.478 e. The molecule has 5 heterocycles. The Kier molecular flexibility index (Phi) is 14.8. The van der Waals surface area contributed by atoms with Gasteiger partial charge in [-0.1, -0.05) is 45.9 Å². The molecule has 1 aliphatic rings. The van der Waals surface area contributed by atoms with Gasteiger partial charge in [-0.05, 0) is 78.8 Å². The SMILES string of the molecule is CC(C)C1(C)N=C(c2nc3ccccc3cc2C(=O)O)NC1=O.CC(C)N.C[n+]1ccc(-c2cc[n+](C)cc2)cc1.Cc1[nH]c(=O)n(C(C)C)c(=O)c1Br. The van der Waals surface area contributed by atoms with Crippen molar-refractivity contribution < 1.29 is 23.8 Å². The predicted octanol–water partition coefficient (Wildman–Crippen LogP) is 4.77. The summed E-state index contributed by atoms with van der Waals surface area (Å²) < 4.78 is 5.66. The van der Waals surface area contributed by atoms with E-state index in [4.69, 9.17) is 5.73 Å². The average molecular weight is 804 g/mol. The van der Waals surface area contributed by atoms with Gasteiger partial charge in [-0.2, -0.15) is 0 Å². The number of aromatic nitrogens is 5. The second kappa shape index (κ2) is 18.6. The maximum Gasteiger partial charge on any atom is 0.338 e. The Balaban J connectivity index is 0.000000218. The number of nitrogens with one attached hydrogen (secondary N) is 2. The summed E-state index contributed by atoms with van der Waals surface area (Å²) in [5.41, 5.74) is 7.49. The zero-order chi connectivity index (χ0) is 40.5. The molecule has 286 valence electrons. The Morgan fingerprint density at radius 1 is 0.907 bits per heavy atom. The van der Waals surface area contributed by atoms with Gasteiger partial charge in [0.1, 0.15) is 29.8 Å². The molecule has 1 unspecified atom stereocenters. The molecule has 0 bridgehead atoms. The van der Waals surface area contributed by atoms with Crippen LogP contribution in [0, 0.1) is 12.8 Å². The number of nitrogens with two attached hydrogens (primary N) is 1. The van der Waals surface area contributed by atoms with Crippen LogP contribution in [-0.2, 0) is 18.9 Å². The zero-order valence-corrected chi connectivity index (χ0v) is 34.1. The van der Waals surface area contributed by atoms with Gasteiger partial charge in [0.2, 0.25) is 0 Å². The smallest absolute Gasteiger partial charge is 0.338 e. The fourth-order valence-electron chi connectivity index (χ4n) is 5.00. The highest BCUT2D eigenvalue weighted by Crippen LogP contribution is 2.28. The van der Waals surface area contributed by atoms with Crippen LogP contribution >= 0.6 is 15.9 Å². The van der Waals surface area contributed by atoms with Crippen LogP contribution in [0.4, 0.5) is 0 Å². The number of aryl methyl sites for hydroxylation is 3. The van der Waals surface area contributed by atoms with Crippen LogP contribution in [0.25, 0.3) is 22.0 Å². The summed E-state index contributed by atoms with van der Waals surface area (Å²) in [4.78, 5) is 58.2. The molecule has 13 nitrogen and oxygen atoms in total. The number of halogens is 1. The Morgan fingerprint density at radius 3 is 1.85 bits per heavy atom. The molecule has 0 spiro atoms. The van der Waals surface area contributed by atoms with Crippen LogP contribution in [0.15, 0.2) is 98.4 Å². The molecular weight excluding hydrogens is 752 g/mol. The molecule has 0 saturated carbocycles. The molecule has 0 fully saturated rings. The largest absolute Gasteiger partial charge is 0.478 e. The molecule has 14 heteroatoms. The number of carbonyl (C=O) groups excluding carboxylic acids is 1. The van der Waals surface area contributed by atoms with Crippen LogP contribution in [0.5, 0.6) is 0 Å². The maximum absolute atomic E-state index is 12.3. The number of aromatic carboxylic acids is 1. The van der Waals surface area contributed by atoms with E-state index in [-0.39, 0.29) is 46.2 Å². The van der Waals surface area contributed by atoms with E-state index in [1.165, 1.54) is 15.7 Å². The van der Waals surface area contributed by atoms with Gasteiger partial charge in [-0.3, -0.25) is 14.2 Å². The molecule has 0 aliphatic carbocycles. The number of hydrogen-bond donors (Lipinski definition) is 4. The Bertz CT molecular complexity index is 2200. The van der Waals surface area contributed by atoms with Crippen molar-refractivity contribution in [3.8, 4) is 11.1 Å². The molecular formula is C40H51BrN8O5+2. The number of benzene rings is 1. The average Bonchev–Trinajstić information content (AvgIpc) is 3.42. The molecule has 1 atom stereocenters. The van der Waals surface area contributed by atoms with Gasteiger partial charge >= 0.3 is 11.7 Å². The number of amidine groups is 1. The van der Waals surface area contributed by atoms with Crippen LogP contribution < -0.4 is 31.4 Å². The van der Waals surface area contributed by atoms with Gasteiger partial charge in [-0.25, -0.2) is 28.7 Å². The lowest BCUT2D eigenvalue weighted by Gasteiger charge is -2.21. The molecule has 1 aliphatic heterocycles. The number of H-pyrrole nitrogens is 1. The standard InChI is InChI=1S/C17H17N3O3.C12H14N2.C8H11BrN2O2.C3H9N/c1-9(2)17(3)16(23)19-14(20-17)13-11(15(21)22)8-10-6-4-5-7-12(10)18-13;1-13-7-3-11(4-8-13)12-5-9-14(2)10-6-12;1-4(2)11-7(12)6(9)5(3)10-8(11)13;1-3(2)4/h4-9H,1-3H3,(H,21,22)(H,19,20,23);3-10H,1-2H3;4H,1-3H3,(H,10,13);3H,4H2,1-2H3/q;+2;;. The maximum atomic E-state index is 12.3. The fraction of sp³-hybridized carbons (Fsp3) is 0.350. The van der Waals surface area contributed by atoms with Crippen molar-refractivity contribution in [2.75, 3.05) is 0 Å². The molecule has 54 heavy (non-hydrogen) atoms. The van der Waals surface area contributed by atoms with E-state index in [0.717, 1.165) is 5.39 Å². The first-order valence-corrected chi connectivity index (χ1v) is 18.3. The highest BCUT2D eigenvalue weighted by molar-refractivity contribution is 9.10. The first-order valence-electron chi connectivity index (χ1n) is 17.5. The van der Waals surface area contributed by atoms with Crippen molar-refractivity contribution in [1.82, 2.24) is 19.9 Å². The van der Waals surface area contributed by atoms with Crippen LogP contribution in [0.2, 0.25) is 0 Å². The van der Waals surface area contributed by atoms with Crippen molar-refractivity contribution in [2.24, 2.45) is 30.7 Å². The molecule has 0 radical (unpaired) electrons. The van der Waals surface area contributed by atoms with Gasteiger partial charge in [-0.15, -0.1) is 0 Å². The summed E-state index contributed by atoms with van der Waals surface area (Å²) in [5, 5.41) is 12.9. The van der Waals surface area contributed by atoms with Crippen LogP contribution in [0.3, 0.4) is 0 Å². The van der Waals surface area contributed by atoms with Crippen molar-refractivity contribution in [3.63, 3.8) is 0 Å². The number of aliphatic imine (C=N–C) groups is 1. The zero-order valence-electron chi connectivity index (χ0n) is 32.5. The third-order valence-electron chi connectivity index (χ3n) is 8.39. The lowest BCUT2D eigenvalue weighted by Crippen LogP contribution is -2.41. The summed E-state index contributed by atoms with van der Waals surface area (Å²) in [5.74, 6) is -1.15. The Labute approximate surface area is 323 Å². The second-order valence-corrected chi connectivity index (χ2v) is 14.8. The van der Waals surface area contributed by atoms with Gasteiger partial charge in [0.05, 0.1) is 11.1 Å². The number of pyridine rings is 3. The molecule has 0 saturated heterocycles. The number of nitrogens with zero attached hydrogens (tertiary/aromatic N) is 5. The first kappa shape index (κ1) is 43.1. The lowest BCUT2D eigenvalue weighted by atomic mass is 9.89. The molecule has 1 aromatic carbocycles. The van der Waals surface area contributed by atoms with E-state index in [9.17, 15) is 24.3 Å². The number of rotatable bonds is 5. The summed E-state index contributed by atoms with van der Waals surface area (Å²) >= 11 is 3.13. The second-order valence-electron chi connectivity index (χ2n) is 14.0. The third-order valence-corrected chi connectivity index (χ3v) is 9.33. The van der Waals surface area contributed by atoms with Crippen molar-refractivity contribution in [3.05, 3.63) is 122 Å². The van der Waals surface area contributed by atoms with Crippen molar-refractivity contribution in [1.29, 1.82) is 0 Å². The normalized spacial score (nSPS) is 14.7. The molecule has 6 rings (SSSR count). The molecule has 1 amide bonds. The summed E-state index contributed by atoms with van der Waals surface area (Å²) in [6.07, 6.45) is 8.23. The number of para-hydroxylation sites is 1. The number of amides is 1. The fourth-order valence-corrected chi connectivity index (χ4v) is 5.29. The van der Waals surface area contributed by atoms with Gasteiger partial charge < -0.3 is 21.1 Å². The Morgan fingerprint density at radius 2 is 1.41 bits per heavy atom. The van der Waals surface area contributed by atoms with Gasteiger partial charge in [0.15, 0.2) is 30.6 Å². The predicted molar refractivity (Wildman–Crippen MR) is 214 cm³/mol. The minimum atomic E-state index is -1.10. The van der Waals surface area contributed by atoms with E-state index in [1.54, 1.807) is 45.9 Å². The minimum absolute atomic E-state index is 0.0197. The van der Waals surface area contributed by atoms with E-state index in [1.807, 2.05) is 63.1 Å². The van der Waals surface area contributed by atoms with Crippen molar-refractivity contribution in [2.45, 2.75) is 73.0 Å². The summed E-state index contributed by atoms with van der Waals surface area (Å²) in [6, 6.07) is 17.5. The topological polar surface area (TPSA) is 180 Å². The summed E-state index contributed by atoms with van der Waals surface area (Å²) in [6.45, 7) is 14.7. The van der Waals surface area contributed by atoms with E-state index >= 15 is 0 Å². The van der Waals surface area contributed by atoms with Crippen LogP contribution in [0.1, 0.15) is 76.3 Å². The molecule has 5 aromatic rings. The third kappa shape index (κ3) is 10.9. The monoisotopic (exact) mass is 802 g/mol. The Hall–Kier alpha value is -5.34. The van der Waals surface area contributed by atoms with E-state index < -0.39 is 11.5 Å².